The lowest BCUT2D eigenvalue weighted by Crippen LogP contribution is -2.52. The number of rotatable bonds is 6. The molecule has 0 saturated carbocycles. The summed E-state index contributed by atoms with van der Waals surface area (Å²) in [7, 11) is 0. The third-order valence-electron chi connectivity index (χ3n) is 5.40. The molecule has 3 rings (SSSR count). The predicted octanol–water partition coefficient (Wildman–Crippen LogP) is 3.94. The number of benzene rings is 1. The molecule has 2 unspecified atom stereocenters. The van der Waals surface area contributed by atoms with Crippen molar-refractivity contribution in [3.63, 3.8) is 0 Å². The minimum absolute atomic E-state index is 0.111. The quantitative estimate of drug-likeness (QED) is 0.579. The number of pyridine rings is 1. The Labute approximate surface area is 184 Å². The molecule has 0 aliphatic rings. The number of esters is 1. The number of aryl methyl sites for hydroxylation is 1. The van der Waals surface area contributed by atoms with Crippen LogP contribution in [-0.2, 0) is 9.53 Å². The molecule has 0 bridgehead atoms. The van der Waals surface area contributed by atoms with Crippen LogP contribution in [0.1, 0.15) is 43.7 Å². The van der Waals surface area contributed by atoms with Gasteiger partial charge in [0.15, 0.2) is 6.10 Å². The van der Waals surface area contributed by atoms with E-state index in [1.807, 2.05) is 0 Å². The SMILES string of the molecule is Cc1noc2nc(-c3ccc(F)cc3)cc(C(=O)OC(C)C(=O)NC(C)(C#N)C(C)C)c12. The van der Waals surface area contributed by atoms with Crippen LogP contribution in [0.15, 0.2) is 34.9 Å². The van der Waals surface area contributed by atoms with E-state index in [1.165, 1.54) is 37.3 Å². The number of carbonyl (C=O) groups is 2. The van der Waals surface area contributed by atoms with Crippen LogP contribution in [-0.4, -0.2) is 33.7 Å². The average Bonchev–Trinajstić information content (AvgIpc) is 3.14. The molecular weight excluding hydrogens is 415 g/mol. The third kappa shape index (κ3) is 4.44. The number of nitrogens with zero attached hydrogens (tertiary/aromatic N) is 3. The van der Waals surface area contributed by atoms with E-state index < -0.39 is 29.3 Å². The zero-order valence-electron chi connectivity index (χ0n) is 18.4. The van der Waals surface area contributed by atoms with Crippen molar-refractivity contribution in [3.8, 4) is 17.3 Å². The van der Waals surface area contributed by atoms with E-state index in [4.69, 9.17) is 9.26 Å². The fourth-order valence-corrected chi connectivity index (χ4v) is 2.96. The average molecular weight is 438 g/mol. The van der Waals surface area contributed by atoms with Crippen molar-refractivity contribution in [3.05, 3.63) is 47.4 Å². The topological polar surface area (TPSA) is 118 Å². The van der Waals surface area contributed by atoms with E-state index in [2.05, 4.69) is 21.5 Å². The van der Waals surface area contributed by atoms with Crippen molar-refractivity contribution in [2.24, 2.45) is 5.92 Å². The first-order valence-corrected chi connectivity index (χ1v) is 10.0. The Balaban J connectivity index is 1.92. The summed E-state index contributed by atoms with van der Waals surface area (Å²) in [6.45, 7) is 8.29. The number of amides is 1. The minimum atomic E-state index is -1.16. The van der Waals surface area contributed by atoms with Crippen molar-refractivity contribution < 1.29 is 23.2 Å². The second-order valence-electron chi connectivity index (χ2n) is 8.02. The fraction of sp³-hybridized carbons (Fsp3) is 0.348. The minimum Gasteiger partial charge on any atom is -0.449 e. The number of aromatic nitrogens is 2. The van der Waals surface area contributed by atoms with Crippen LogP contribution >= 0.6 is 0 Å². The van der Waals surface area contributed by atoms with E-state index in [0.29, 0.717) is 22.3 Å². The number of hydrogen-bond acceptors (Lipinski definition) is 7. The first kappa shape index (κ1) is 22.9. The number of carbonyl (C=O) groups excluding carboxylic acids is 2. The normalized spacial score (nSPS) is 13.9. The summed E-state index contributed by atoms with van der Waals surface area (Å²) in [5.74, 6) is -1.94. The van der Waals surface area contributed by atoms with Gasteiger partial charge in [0.25, 0.3) is 11.6 Å². The van der Waals surface area contributed by atoms with E-state index in [-0.39, 0.29) is 17.2 Å². The molecular formula is C23H23FN4O4. The van der Waals surface area contributed by atoms with Crippen molar-refractivity contribution in [1.82, 2.24) is 15.5 Å². The summed E-state index contributed by atoms with van der Waals surface area (Å²) in [5, 5.41) is 16.3. The van der Waals surface area contributed by atoms with Gasteiger partial charge < -0.3 is 14.6 Å². The number of nitriles is 1. The van der Waals surface area contributed by atoms with Gasteiger partial charge in [0.2, 0.25) is 0 Å². The van der Waals surface area contributed by atoms with Crippen molar-refractivity contribution in [2.45, 2.75) is 46.3 Å². The molecule has 2 atom stereocenters. The zero-order valence-corrected chi connectivity index (χ0v) is 18.4. The molecule has 1 N–H and O–H groups in total. The number of nitrogens with one attached hydrogen (secondary N) is 1. The highest BCUT2D eigenvalue weighted by molar-refractivity contribution is 6.05. The van der Waals surface area contributed by atoms with Gasteiger partial charge in [-0.25, -0.2) is 14.2 Å². The molecule has 2 heterocycles. The Hall–Kier alpha value is -3.80. The monoisotopic (exact) mass is 438 g/mol. The molecule has 1 aromatic carbocycles. The molecule has 2 aromatic heterocycles. The highest BCUT2D eigenvalue weighted by Gasteiger charge is 2.33. The van der Waals surface area contributed by atoms with Gasteiger partial charge in [-0.1, -0.05) is 19.0 Å². The summed E-state index contributed by atoms with van der Waals surface area (Å²) in [6.07, 6.45) is -1.16. The van der Waals surface area contributed by atoms with Gasteiger partial charge in [0.1, 0.15) is 11.4 Å². The zero-order chi connectivity index (χ0) is 23.6. The molecule has 0 aliphatic heterocycles. The van der Waals surface area contributed by atoms with Gasteiger partial charge >= 0.3 is 5.97 Å². The number of hydrogen-bond donors (Lipinski definition) is 1. The van der Waals surface area contributed by atoms with Gasteiger partial charge in [-0.05, 0) is 57.0 Å². The van der Waals surface area contributed by atoms with Crippen LogP contribution in [0, 0.1) is 30.0 Å². The summed E-state index contributed by atoms with van der Waals surface area (Å²) in [6, 6.07) is 9.16. The van der Waals surface area contributed by atoms with E-state index in [1.54, 1.807) is 27.7 Å². The van der Waals surface area contributed by atoms with Gasteiger partial charge in [-0.2, -0.15) is 5.26 Å². The maximum Gasteiger partial charge on any atom is 0.339 e. The summed E-state index contributed by atoms with van der Waals surface area (Å²) >= 11 is 0. The fourth-order valence-electron chi connectivity index (χ4n) is 2.96. The molecule has 32 heavy (non-hydrogen) atoms. The molecule has 3 aromatic rings. The molecule has 0 aliphatic carbocycles. The van der Waals surface area contributed by atoms with Crippen LogP contribution in [0.4, 0.5) is 4.39 Å². The van der Waals surface area contributed by atoms with Crippen molar-refractivity contribution in [1.29, 1.82) is 5.26 Å². The van der Waals surface area contributed by atoms with Crippen LogP contribution in [0.3, 0.4) is 0 Å². The summed E-state index contributed by atoms with van der Waals surface area (Å²) in [5.41, 5.74) is 0.463. The molecule has 166 valence electrons. The van der Waals surface area contributed by atoms with Crippen molar-refractivity contribution in [2.75, 3.05) is 0 Å². The molecule has 0 spiro atoms. The maximum atomic E-state index is 13.3. The van der Waals surface area contributed by atoms with Gasteiger partial charge in [0, 0.05) is 5.56 Å². The summed E-state index contributed by atoms with van der Waals surface area (Å²) in [4.78, 5) is 29.9. The Morgan fingerprint density at radius 2 is 1.91 bits per heavy atom. The number of ether oxygens (including phenoxy) is 1. The van der Waals surface area contributed by atoms with Gasteiger partial charge in [-0.3, -0.25) is 4.79 Å². The van der Waals surface area contributed by atoms with Gasteiger partial charge in [-0.15, -0.1) is 0 Å². The van der Waals surface area contributed by atoms with Crippen LogP contribution in [0.25, 0.3) is 22.4 Å². The second-order valence-corrected chi connectivity index (χ2v) is 8.02. The second kappa shape index (κ2) is 8.75. The Bertz CT molecular complexity index is 1210. The number of fused-ring (bicyclic) bond motifs is 1. The van der Waals surface area contributed by atoms with Crippen molar-refractivity contribution >= 4 is 23.0 Å². The van der Waals surface area contributed by atoms with Crippen LogP contribution < -0.4 is 5.32 Å². The predicted molar refractivity (Wildman–Crippen MR) is 114 cm³/mol. The maximum absolute atomic E-state index is 13.3. The Kier molecular flexibility index (Phi) is 6.25. The molecule has 1 amide bonds. The largest absolute Gasteiger partial charge is 0.449 e. The first-order chi connectivity index (χ1) is 15.1. The number of halogens is 1. The molecule has 0 fully saturated rings. The van der Waals surface area contributed by atoms with E-state index in [0.717, 1.165) is 0 Å². The lowest BCUT2D eigenvalue weighted by molar-refractivity contribution is -0.130. The Morgan fingerprint density at radius 1 is 1.25 bits per heavy atom. The first-order valence-electron chi connectivity index (χ1n) is 10.0. The molecule has 0 saturated heterocycles. The lowest BCUT2D eigenvalue weighted by atomic mass is 9.90. The highest BCUT2D eigenvalue weighted by Crippen LogP contribution is 2.28. The van der Waals surface area contributed by atoms with Gasteiger partial charge in [0.05, 0.1) is 28.4 Å². The lowest BCUT2D eigenvalue weighted by Gasteiger charge is -2.28. The van der Waals surface area contributed by atoms with Crippen LogP contribution in [0.5, 0.6) is 0 Å². The highest BCUT2D eigenvalue weighted by atomic mass is 19.1. The molecule has 9 heteroatoms. The standard InChI is InChI=1S/C23H23FN4O4/c1-12(2)23(5,11-25)27-20(29)14(4)31-22(30)17-10-18(15-6-8-16(24)9-7-15)26-21-19(17)13(3)28-32-21/h6-10,12,14H,1-5H3,(H,27,29). The third-order valence-corrected chi connectivity index (χ3v) is 5.40. The Morgan fingerprint density at radius 3 is 2.50 bits per heavy atom. The molecule has 0 radical (unpaired) electrons. The van der Waals surface area contributed by atoms with E-state index in [9.17, 15) is 19.2 Å². The smallest absolute Gasteiger partial charge is 0.339 e. The van der Waals surface area contributed by atoms with Crippen LogP contribution in [0.2, 0.25) is 0 Å². The van der Waals surface area contributed by atoms with E-state index >= 15 is 0 Å². The summed E-state index contributed by atoms with van der Waals surface area (Å²) < 4.78 is 23.9. The molecule has 8 nitrogen and oxygen atoms in total.